The van der Waals surface area contributed by atoms with Crippen LogP contribution in [-0.2, 0) is 6.42 Å². The fraction of sp³-hybridized carbons (Fsp3) is 0.240. The van der Waals surface area contributed by atoms with Gasteiger partial charge >= 0.3 is 0 Å². The number of amides is 1. The largest absolute Gasteiger partial charge is 0.445 e. The molecule has 1 fully saturated rings. The van der Waals surface area contributed by atoms with Crippen LogP contribution in [0.2, 0.25) is 0 Å². The van der Waals surface area contributed by atoms with Crippen molar-refractivity contribution in [2.75, 3.05) is 13.1 Å². The highest BCUT2D eigenvalue weighted by molar-refractivity contribution is 5.95. The molecule has 1 aliphatic rings. The number of carbonyl (C=O) groups is 1. The van der Waals surface area contributed by atoms with Crippen molar-refractivity contribution in [1.29, 1.82) is 0 Å². The fourth-order valence-electron chi connectivity index (χ4n) is 4.15. The monoisotopic (exact) mass is 415 g/mol. The van der Waals surface area contributed by atoms with Crippen LogP contribution in [0.15, 0.2) is 71.3 Å². The van der Waals surface area contributed by atoms with Gasteiger partial charge in [0, 0.05) is 24.9 Å². The van der Waals surface area contributed by atoms with Gasteiger partial charge in [-0.15, -0.1) is 0 Å². The Morgan fingerprint density at radius 3 is 2.94 bits per heavy atom. The number of fused-ring (bicyclic) bond motifs is 1. The average Bonchev–Trinajstić information content (AvgIpc) is 3.27. The van der Waals surface area contributed by atoms with Crippen molar-refractivity contribution in [3.05, 3.63) is 95.6 Å². The summed E-state index contributed by atoms with van der Waals surface area (Å²) in [7, 11) is 0. The van der Waals surface area contributed by atoms with Gasteiger partial charge in [-0.05, 0) is 42.7 Å². The summed E-state index contributed by atoms with van der Waals surface area (Å²) < 4.78 is 19.4. The SMILES string of the molecule is O=C(c1ccc2ccccc2n1)N1CCC[C@@H](c2ncc(Cc3cccc(F)c3)o2)C1. The quantitative estimate of drug-likeness (QED) is 0.472. The van der Waals surface area contributed by atoms with E-state index < -0.39 is 0 Å². The molecule has 0 saturated carbocycles. The molecule has 0 N–H and O–H groups in total. The highest BCUT2D eigenvalue weighted by Gasteiger charge is 2.29. The van der Waals surface area contributed by atoms with Crippen LogP contribution in [0.1, 0.15) is 46.5 Å². The molecule has 0 radical (unpaired) electrons. The van der Waals surface area contributed by atoms with Crippen LogP contribution in [0.5, 0.6) is 0 Å². The standard InChI is InChI=1S/C25H22FN3O2/c26-20-8-3-5-17(13-20)14-21-15-27-24(31-21)19-7-4-12-29(16-19)25(30)23-11-10-18-6-1-2-9-22(18)28-23/h1-3,5-6,8-11,13,15,19H,4,7,12,14,16H2/t19-/m1/s1. The smallest absolute Gasteiger partial charge is 0.272 e. The molecule has 2 aromatic carbocycles. The van der Waals surface area contributed by atoms with Crippen LogP contribution in [0, 0.1) is 5.82 Å². The first-order valence-corrected chi connectivity index (χ1v) is 10.5. The zero-order chi connectivity index (χ0) is 21.2. The normalized spacial score (nSPS) is 16.5. The van der Waals surface area contributed by atoms with Gasteiger partial charge in [0.25, 0.3) is 5.91 Å². The van der Waals surface area contributed by atoms with E-state index in [1.807, 2.05) is 41.3 Å². The molecule has 0 bridgehead atoms. The van der Waals surface area contributed by atoms with Gasteiger partial charge in [-0.25, -0.2) is 14.4 Å². The molecule has 156 valence electrons. The average molecular weight is 415 g/mol. The number of para-hydroxylation sites is 1. The van der Waals surface area contributed by atoms with E-state index in [0.29, 0.717) is 36.9 Å². The van der Waals surface area contributed by atoms with Crippen LogP contribution in [0.3, 0.4) is 0 Å². The van der Waals surface area contributed by atoms with Crippen LogP contribution in [-0.4, -0.2) is 33.9 Å². The first kappa shape index (κ1) is 19.4. The number of oxazole rings is 1. The number of benzene rings is 2. The molecule has 2 aromatic heterocycles. The summed E-state index contributed by atoms with van der Waals surface area (Å²) in [6.45, 7) is 1.24. The molecule has 0 aliphatic carbocycles. The Bertz CT molecular complexity index is 1240. The highest BCUT2D eigenvalue weighted by atomic mass is 19.1. The minimum absolute atomic E-state index is 0.0411. The van der Waals surface area contributed by atoms with E-state index in [-0.39, 0.29) is 17.6 Å². The van der Waals surface area contributed by atoms with Crippen LogP contribution in [0.4, 0.5) is 4.39 Å². The molecule has 5 nitrogen and oxygen atoms in total. The second-order valence-electron chi connectivity index (χ2n) is 7.95. The van der Waals surface area contributed by atoms with Crippen molar-refractivity contribution in [2.24, 2.45) is 0 Å². The highest BCUT2D eigenvalue weighted by Crippen LogP contribution is 2.28. The van der Waals surface area contributed by atoms with E-state index in [9.17, 15) is 9.18 Å². The third kappa shape index (κ3) is 4.19. The molecular formula is C25H22FN3O2. The molecule has 3 heterocycles. The summed E-state index contributed by atoms with van der Waals surface area (Å²) in [5.41, 5.74) is 2.11. The van der Waals surface area contributed by atoms with Gasteiger partial charge in [-0.3, -0.25) is 4.79 Å². The molecular weight excluding hydrogens is 393 g/mol. The lowest BCUT2D eigenvalue weighted by Gasteiger charge is -2.31. The number of nitrogens with zero attached hydrogens (tertiary/aromatic N) is 3. The van der Waals surface area contributed by atoms with Gasteiger partial charge in [0.05, 0.1) is 17.6 Å². The van der Waals surface area contributed by atoms with E-state index >= 15 is 0 Å². The summed E-state index contributed by atoms with van der Waals surface area (Å²) in [6, 6.07) is 18.0. The molecule has 4 aromatic rings. The first-order valence-electron chi connectivity index (χ1n) is 10.5. The Morgan fingerprint density at radius 2 is 2.03 bits per heavy atom. The number of hydrogen-bond donors (Lipinski definition) is 0. The molecule has 1 amide bonds. The van der Waals surface area contributed by atoms with E-state index in [1.54, 1.807) is 18.3 Å². The molecule has 1 saturated heterocycles. The number of carbonyl (C=O) groups excluding carboxylic acids is 1. The van der Waals surface area contributed by atoms with Crippen LogP contribution >= 0.6 is 0 Å². The summed E-state index contributed by atoms with van der Waals surface area (Å²) in [4.78, 5) is 23.9. The number of piperidine rings is 1. The Balaban J connectivity index is 1.29. The molecule has 0 spiro atoms. The minimum atomic E-state index is -0.263. The van der Waals surface area contributed by atoms with Gasteiger partial charge in [-0.1, -0.05) is 36.4 Å². The van der Waals surface area contributed by atoms with Crippen molar-refractivity contribution < 1.29 is 13.6 Å². The molecule has 1 aliphatic heterocycles. The van der Waals surface area contributed by atoms with Gasteiger partial charge in [0.1, 0.15) is 17.3 Å². The van der Waals surface area contributed by atoms with Crippen LogP contribution in [0.25, 0.3) is 10.9 Å². The van der Waals surface area contributed by atoms with E-state index in [0.717, 1.165) is 29.3 Å². The fourth-order valence-corrected chi connectivity index (χ4v) is 4.15. The topological polar surface area (TPSA) is 59.2 Å². The summed E-state index contributed by atoms with van der Waals surface area (Å²) >= 11 is 0. The maximum Gasteiger partial charge on any atom is 0.272 e. The number of pyridine rings is 1. The number of rotatable bonds is 4. The minimum Gasteiger partial charge on any atom is -0.445 e. The summed E-state index contributed by atoms with van der Waals surface area (Å²) in [6.07, 6.45) is 3.98. The number of aromatic nitrogens is 2. The molecule has 1 atom stereocenters. The van der Waals surface area contributed by atoms with Crippen molar-refractivity contribution >= 4 is 16.8 Å². The lowest BCUT2D eigenvalue weighted by molar-refractivity contribution is 0.0692. The maximum atomic E-state index is 13.4. The Hall–Kier alpha value is -3.54. The van der Waals surface area contributed by atoms with Gasteiger partial charge in [0.2, 0.25) is 0 Å². The lowest BCUT2D eigenvalue weighted by atomic mass is 9.97. The van der Waals surface area contributed by atoms with Crippen molar-refractivity contribution in [3.8, 4) is 0 Å². The summed E-state index contributed by atoms with van der Waals surface area (Å²) in [5.74, 6) is 1.04. The number of hydrogen-bond acceptors (Lipinski definition) is 4. The Labute approximate surface area is 179 Å². The van der Waals surface area contributed by atoms with Gasteiger partial charge in [0.15, 0.2) is 5.89 Å². The zero-order valence-corrected chi connectivity index (χ0v) is 17.0. The predicted octanol–water partition coefficient (Wildman–Crippen LogP) is 4.97. The lowest BCUT2D eigenvalue weighted by Crippen LogP contribution is -2.39. The maximum absolute atomic E-state index is 13.4. The van der Waals surface area contributed by atoms with E-state index in [2.05, 4.69) is 9.97 Å². The molecule has 31 heavy (non-hydrogen) atoms. The van der Waals surface area contributed by atoms with E-state index in [1.165, 1.54) is 12.1 Å². The Morgan fingerprint density at radius 1 is 1.13 bits per heavy atom. The third-order valence-electron chi connectivity index (χ3n) is 5.71. The van der Waals surface area contributed by atoms with Gasteiger partial charge < -0.3 is 9.32 Å². The van der Waals surface area contributed by atoms with Gasteiger partial charge in [-0.2, -0.15) is 0 Å². The predicted molar refractivity (Wildman–Crippen MR) is 115 cm³/mol. The summed E-state index contributed by atoms with van der Waals surface area (Å²) in [5, 5.41) is 1.01. The van der Waals surface area contributed by atoms with Crippen molar-refractivity contribution in [3.63, 3.8) is 0 Å². The third-order valence-corrected chi connectivity index (χ3v) is 5.71. The van der Waals surface area contributed by atoms with Crippen molar-refractivity contribution in [2.45, 2.75) is 25.2 Å². The second-order valence-corrected chi connectivity index (χ2v) is 7.95. The van der Waals surface area contributed by atoms with E-state index in [4.69, 9.17) is 4.42 Å². The molecule has 5 rings (SSSR count). The molecule has 6 heteroatoms. The number of halogens is 1. The number of likely N-dealkylation sites (tertiary alicyclic amines) is 1. The Kier molecular flexibility index (Phi) is 5.20. The zero-order valence-electron chi connectivity index (χ0n) is 17.0. The van der Waals surface area contributed by atoms with Crippen LogP contribution < -0.4 is 0 Å². The van der Waals surface area contributed by atoms with Crippen molar-refractivity contribution in [1.82, 2.24) is 14.9 Å². The first-order chi connectivity index (χ1) is 15.2. The second kappa shape index (κ2) is 8.30. The molecule has 0 unspecified atom stereocenters.